The molecule has 22 heavy (non-hydrogen) atoms. The van der Waals surface area contributed by atoms with E-state index in [9.17, 15) is 4.79 Å². The van der Waals surface area contributed by atoms with E-state index in [1.54, 1.807) is 12.3 Å². The first kappa shape index (κ1) is 21.0. The Bertz CT molecular complexity index is 445. The smallest absolute Gasteiger partial charge is 0.228 e. The number of likely N-dealkylation sites (tertiary alicyclic amines) is 1. The summed E-state index contributed by atoms with van der Waals surface area (Å²) in [5.74, 6) is 0.884. The van der Waals surface area contributed by atoms with E-state index in [2.05, 4.69) is 24.0 Å². The maximum absolute atomic E-state index is 12.2. The van der Waals surface area contributed by atoms with Crippen LogP contribution in [-0.2, 0) is 11.2 Å². The SMILES string of the molecule is CN(C)CC1CCN(C(=O)Cc2ccc(N)cn2)CC1.Cl.Cl. The van der Waals surface area contributed by atoms with Gasteiger partial charge in [-0.3, -0.25) is 9.78 Å². The second-order valence-corrected chi connectivity index (χ2v) is 5.85. The summed E-state index contributed by atoms with van der Waals surface area (Å²) < 4.78 is 0. The highest BCUT2D eigenvalue weighted by Gasteiger charge is 2.23. The second-order valence-electron chi connectivity index (χ2n) is 5.85. The van der Waals surface area contributed by atoms with Crippen LogP contribution >= 0.6 is 24.8 Å². The van der Waals surface area contributed by atoms with Crippen molar-refractivity contribution in [3.63, 3.8) is 0 Å². The molecule has 0 aromatic carbocycles. The quantitative estimate of drug-likeness (QED) is 0.901. The Morgan fingerprint density at radius 3 is 2.45 bits per heavy atom. The van der Waals surface area contributed by atoms with Crippen LogP contribution < -0.4 is 5.73 Å². The maximum atomic E-state index is 12.2. The van der Waals surface area contributed by atoms with Crippen LogP contribution in [0.5, 0.6) is 0 Å². The summed E-state index contributed by atoms with van der Waals surface area (Å²) in [4.78, 5) is 20.6. The average molecular weight is 349 g/mol. The predicted octanol–water partition coefficient (Wildman–Crippen LogP) is 1.85. The number of carbonyl (C=O) groups is 1. The molecule has 1 saturated heterocycles. The molecular formula is C15H26Cl2N4O. The standard InChI is InChI=1S/C15H24N4O.2ClH/c1-18(2)11-12-5-7-19(8-6-12)15(20)9-14-4-3-13(16)10-17-14;;/h3-4,10,12H,5-9,11,16H2,1-2H3;2*1H. The lowest BCUT2D eigenvalue weighted by molar-refractivity contribution is -0.131. The van der Waals surface area contributed by atoms with Crippen LogP contribution in [0.3, 0.4) is 0 Å². The van der Waals surface area contributed by atoms with E-state index in [1.807, 2.05) is 11.0 Å². The third-order valence-corrected chi connectivity index (χ3v) is 3.77. The molecule has 0 unspecified atom stereocenters. The third kappa shape index (κ3) is 6.38. The molecule has 0 bridgehead atoms. The summed E-state index contributed by atoms with van der Waals surface area (Å²) in [6.45, 7) is 2.85. The van der Waals surface area contributed by atoms with Gasteiger partial charge in [0.25, 0.3) is 0 Å². The molecule has 1 amide bonds. The predicted molar refractivity (Wildman–Crippen MR) is 94.7 cm³/mol. The van der Waals surface area contributed by atoms with Crippen molar-refractivity contribution in [2.45, 2.75) is 19.3 Å². The lowest BCUT2D eigenvalue weighted by Gasteiger charge is -2.33. The molecule has 0 saturated carbocycles. The minimum Gasteiger partial charge on any atom is -0.397 e. The van der Waals surface area contributed by atoms with Gasteiger partial charge in [-0.1, -0.05) is 0 Å². The number of amides is 1. The monoisotopic (exact) mass is 348 g/mol. The summed E-state index contributed by atoms with van der Waals surface area (Å²) in [6.07, 6.45) is 4.17. The number of carbonyl (C=O) groups excluding carboxylic acids is 1. The molecule has 0 spiro atoms. The first-order chi connectivity index (χ1) is 9.54. The van der Waals surface area contributed by atoms with Gasteiger partial charge in [0.1, 0.15) is 0 Å². The Morgan fingerprint density at radius 1 is 1.32 bits per heavy atom. The van der Waals surface area contributed by atoms with Gasteiger partial charge in [0, 0.05) is 25.3 Å². The Morgan fingerprint density at radius 2 is 1.95 bits per heavy atom. The molecule has 2 rings (SSSR count). The van der Waals surface area contributed by atoms with Gasteiger partial charge in [-0.2, -0.15) is 0 Å². The van der Waals surface area contributed by atoms with Crippen LogP contribution in [0.4, 0.5) is 5.69 Å². The lowest BCUT2D eigenvalue weighted by atomic mass is 9.96. The highest BCUT2D eigenvalue weighted by atomic mass is 35.5. The molecule has 5 nitrogen and oxygen atoms in total. The first-order valence-electron chi connectivity index (χ1n) is 7.17. The Balaban J connectivity index is 0.00000220. The van der Waals surface area contributed by atoms with E-state index in [-0.39, 0.29) is 30.7 Å². The summed E-state index contributed by atoms with van der Waals surface area (Å²) in [7, 11) is 4.20. The van der Waals surface area contributed by atoms with Crippen molar-refractivity contribution >= 4 is 36.4 Å². The van der Waals surface area contributed by atoms with E-state index < -0.39 is 0 Å². The topological polar surface area (TPSA) is 62.5 Å². The van der Waals surface area contributed by atoms with Gasteiger partial charge in [-0.05, 0) is 45.0 Å². The molecule has 0 atom stereocenters. The minimum atomic E-state index is 0. The first-order valence-corrected chi connectivity index (χ1v) is 7.17. The zero-order valence-corrected chi connectivity index (χ0v) is 14.8. The number of hydrogen-bond donors (Lipinski definition) is 1. The molecule has 126 valence electrons. The second kappa shape index (κ2) is 9.87. The fourth-order valence-corrected chi connectivity index (χ4v) is 2.69. The van der Waals surface area contributed by atoms with Crippen molar-refractivity contribution in [1.82, 2.24) is 14.8 Å². The van der Waals surface area contributed by atoms with Gasteiger partial charge in [-0.25, -0.2) is 0 Å². The number of hydrogen-bond acceptors (Lipinski definition) is 4. The van der Waals surface area contributed by atoms with Crippen molar-refractivity contribution in [3.05, 3.63) is 24.0 Å². The average Bonchev–Trinajstić information content (AvgIpc) is 2.41. The molecule has 1 aromatic heterocycles. The van der Waals surface area contributed by atoms with Crippen LogP contribution in [-0.4, -0.2) is 54.4 Å². The largest absolute Gasteiger partial charge is 0.397 e. The highest BCUT2D eigenvalue weighted by Crippen LogP contribution is 2.18. The fourth-order valence-electron chi connectivity index (χ4n) is 2.69. The molecular weight excluding hydrogens is 323 g/mol. The summed E-state index contributed by atoms with van der Waals surface area (Å²) in [5.41, 5.74) is 7.02. The van der Waals surface area contributed by atoms with Gasteiger partial charge >= 0.3 is 0 Å². The van der Waals surface area contributed by atoms with E-state index in [0.717, 1.165) is 38.2 Å². The molecule has 0 radical (unpaired) electrons. The molecule has 7 heteroatoms. The number of pyridine rings is 1. The molecule has 2 heterocycles. The number of nitrogens with zero attached hydrogens (tertiary/aromatic N) is 3. The zero-order chi connectivity index (χ0) is 14.5. The van der Waals surface area contributed by atoms with Crippen molar-refractivity contribution in [2.75, 3.05) is 39.5 Å². The van der Waals surface area contributed by atoms with E-state index in [0.29, 0.717) is 18.0 Å². The Labute approximate surface area is 145 Å². The molecule has 2 N–H and O–H groups in total. The van der Waals surface area contributed by atoms with Crippen molar-refractivity contribution in [2.24, 2.45) is 5.92 Å². The van der Waals surface area contributed by atoms with Gasteiger partial charge in [0.05, 0.1) is 18.3 Å². The minimum absolute atomic E-state index is 0. The van der Waals surface area contributed by atoms with E-state index in [4.69, 9.17) is 5.73 Å². The highest BCUT2D eigenvalue weighted by molar-refractivity contribution is 5.85. The Hall–Kier alpha value is -1.04. The number of nitrogens with two attached hydrogens (primary N) is 1. The van der Waals surface area contributed by atoms with Gasteiger partial charge < -0.3 is 15.5 Å². The fraction of sp³-hybridized carbons (Fsp3) is 0.600. The summed E-state index contributed by atoms with van der Waals surface area (Å²) in [5, 5.41) is 0. The van der Waals surface area contributed by atoms with E-state index in [1.165, 1.54) is 0 Å². The number of halogens is 2. The van der Waals surface area contributed by atoms with Gasteiger partial charge in [-0.15, -0.1) is 24.8 Å². The number of piperidine rings is 1. The lowest BCUT2D eigenvalue weighted by Crippen LogP contribution is -2.41. The maximum Gasteiger partial charge on any atom is 0.228 e. The molecule has 1 aliphatic rings. The normalized spacial score (nSPS) is 15.1. The third-order valence-electron chi connectivity index (χ3n) is 3.77. The van der Waals surface area contributed by atoms with Gasteiger partial charge in [0.15, 0.2) is 0 Å². The van der Waals surface area contributed by atoms with Crippen molar-refractivity contribution in [3.8, 4) is 0 Å². The van der Waals surface area contributed by atoms with Crippen LogP contribution in [0.2, 0.25) is 0 Å². The number of aromatic nitrogens is 1. The Kier molecular flexibility index (Phi) is 9.41. The van der Waals surface area contributed by atoms with Crippen LogP contribution in [0.1, 0.15) is 18.5 Å². The van der Waals surface area contributed by atoms with Crippen LogP contribution in [0.15, 0.2) is 18.3 Å². The van der Waals surface area contributed by atoms with Crippen molar-refractivity contribution < 1.29 is 4.79 Å². The van der Waals surface area contributed by atoms with Crippen molar-refractivity contribution in [1.29, 1.82) is 0 Å². The summed E-state index contributed by atoms with van der Waals surface area (Å²) in [6, 6.07) is 3.62. The molecule has 1 fully saturated rings. The summed E-state index contributed by atoms with van der Waals surface area (Å²) >= 11 is 0. The number of nitrogen functional groups attached to an aromatic ring is 1. The van der Waals surface area contributed by atoms with Crippen LogP contribution in [0.25, 0.3) is 0 Å². The van der Waals surface area contributed by atoms with E-state index >= 15 is 0 Å². The molecule has 1 aliphatic heterocycles. The number of rotatable bonds is 4. The van der Waals surface area contributed by atoms with Gasteiger partial charge in [0.2, 0.25) is 5.91 Å². The number of anilines is 1. The molecule has 0 aliphatic carbocycles. The molecule has 1 aromatic rings. The zero-order valence-electron chi connectivity index (χ0n) is 13.2. The van der Waals surface area contributed by atoms with Crippen LogP contribution in [0, 0.1) is 5.92 Å².